The predicted octanol–water partition coefficient (Wildman–Crippen LogP) is 8.66. The van der Waals surface area contributed by atoms with Crippen LogP contribution in [0.25, 0.3) is 22.5 Å². The molecule has 4 aromatic carbocycles. The molecule has 0 unspecified atom stereocenters. The summed E-state index contributed by atoms with van der Waals surface area (Å²) in [6, 6.07) is 27.5. The van der Waals surface area contributed by atoms with E-state index in [1.807, 2.05) is 71.4 Å². The molecule has 14 nitrogen and oxygen atoms in total. The van der Waals surface area contributed by atoms with Crippen LogP contribution in [0, 0.1) is 20.2 Å². The lowest BCUT2D eigenvalue weighted by atomic mass is 10.1. The maximum Gasteiger partial charge on any atom is 0.269 e. The number of aromatic nitrogens is 2. The van der Waals surface area contributed by atoms with Crippen LogP contribution in [0.2, 0.25) is 0 Å². The number of hydrogen-bond donors (Lipinski definition) is 2. The van der Waals surface area contributed by atoms with E-state index in [-0.39, 0.29) is 11.4 Å². The van der Waals surface area contributed by atoms with Crippen molar-refractivity contribution in [2.75, 3.05) is 24.1 Å². The summed E-state index contributed by atoms with van der Waals surface area (Å²) in [5.74, 6) is 1.43. The highest BCUT2D eigenvalue weighted by atomic mass is 32.1. The maximum atomic E-state index is 10.9. The van der Waals surface area contributed by atoms with Crippen LogP contribution in [0.1, 0.15) is 11.1 Å². The molecule has 0 spiro atoms. The quantitative estimate of drug-likeness (QED) is 0.0423. The summed E-state index contributed by atoms with van der Waals surface area (Å²) in [6.45, 7) is 0.771. The molecular formula is C36H28N8O6S2. The zero-order chi connectivity index (χ0) is 36.1. The van der Waals surface area contributed by atoms with E-state index in [0.717, 1.165) is 33.8 Å². The number of anilines is 2. The Bertz CT molecular complexity index is 2040. The van der Waals surface area contributed by atoms with Crippen molar-refractivity contribution in [3.63, 3.8) is 0 Å². The number of nitrogens with zero attached hydrogens (tertiary/aromatic N) is 6. The van der Waals surface area contributed by atoms with Crippen LogP contribution in [0.3, 0.4) is 0 Å². The number of nitrogens with one attached hydrogen (secondary N) is 2. The lowest BCUT2D eigenvalue weighted by molar-refractivity contribution is -0.385. The van der Waals surface area contributed by atoms with Gasteiger partial charge in [-0.2, -0.15) is 10.2 Å². The minimum atomic E-state index is -0.433. The van der Waals surface area contributed by atoms with Crippen molar-refractivity contribution in [2.24, 2.45) is 10.2 Å². The van der Waals surface area contributed by atoms with E-state index in [1.165, 1.54) is 46.9 Å². The number of rotatable bonds is 16. The Morgan fingerprint density at radius 3 is 1.35 bits per heavy atom. The van der Waals surface area contributed by atoms with E-state index >= 15 is 0 Å². The number of nitro benzene ring substituents is 2. The average Bonchev–Trinajstić information content (AvgIpc) is 3.85. The molecule has 0 aliphatic rings. The van der Waals surface area contributed by atoms with Gasteiger partial charge in [0.2, 0.25) is 10.3 Å². The van der Waals surface area contributed by atoms with Gasteiger partial charge in [0.05, 0.1) is 33.7 Å². The highest BCUT2D eigenvalue weighted by Gasteiger charge is 2.09. The molecule has 2 heterocycles. The Hall–Kier alpha value is -6.78. The molecule has 0 bridgehead atoms. The average molecular weight is 733 g/mol. The summed E-state index contributed by atoms with van der Waals surface area (Å²) in [5.41, 5.74) is 10.6. The van der Waals surface area contributed by atoms with Gasteiger partial charge in [-0.1, -0.05) is 0 Å². The summed E-state index contributed by atoms with van der Waals surface area (Å²) < 4.78 is 11.6. The zero-order valence-corrected chi connectivity index (χ0v) is 28.7. The zero-order valence-electron chi connectivity index (χ0n) is 27.1. The first kappa shape index (κ1) is 35.1. The number of hydrazone groups is 2. The van der Waals surface area contributed by atoms with Crippen molar-refractivity contribution in [2.45, 2.75) is 0 Å². The molecule has 2 aromatic heterocycles. The van der Waals surface area contributed by atoms with Crippen LogP contribution in [0.15, 0.2) is 130 Å². The summed E-state index contributed by atoms with van der Waals surface area (Å²) in [7, 11) is 0. The minimum absolute atomic E-state index is 0.0343. The number of benzene rings is 4. The van der Waals surface area contributed by atoms with Crippen LogP contribution < -0.4 is 20.3 Å². The Labute approximate surface area is 304 Å². The summed E-state index contributed by atoms with van der Waals surface area (Å²) in [5, 5.41) is 35.1. The van der Waals surface area contributed by atoms with Gasteiger partial charge in [0.15, 0.2) is 0 Å². The van der Waals surface area contributed by atoms with E-state index in [1.54, 1.807) is 36.7 Å². The van der Waals surface area contributed by atoms with Crippen LogP contribution in [0.4, 0.5) is 21.6 Å². The SMILES string of the molecule is O=[N+]([O-])c1ccc(-c2csc(N/N=C/c3ccc(OC/C=C/COc4ccc(/C=N/Nc5nc(-c6ccc([N+](=O)[O-])cc6)cs5)cc4)cc3)n2)cc1. The fraction of sp³-hybridized carbons (Fsp3) is 0.0556. The molecule has 0 saturated carbocycles. The summed E-state index contributed by atoms with van der Waals surface area (Å²) in [6.07, 6.45) is 7.12. The molecule has 6 aromatic rings. The van der Waals surface area contributed by atoms with Crippen molar-refractivity contribution in [3.8, 4) is 34.0 Å². The smallest absolute Gasteiger partial charge is 0.269 e. The van der Waals surface area contributed by atoms with Gasteiger partial charge < -0.3 is 9.47 Å². The fourth-order valence-corrected chi connectivity index (χ4v) is 5.81. The maximum absolute atomic E-state index is 10.9. The van der Waals surface area contributed by atoms with Crippen LogP contribution in [-0.4, -0.2) is 45.5 Å². The first-order chi connectivity index (χ1) is 25.4. The third-order valence-corrected chi connectivity index (χ3v) is 8.62. The van der Waals surface area contributed by atoms with E-state index in [0.29, 0.717) is 34.9 Å². The topological polar surface area (TPSA) is 179 Å². The van der Waals surface area contributed by atoms with Crippen LogP contribution in [0.5, 0.6) is 11.5 Å². The highest BCUT2D eigenvalue weighted by Crippen LogP contribution is 2.28. The molecule has 16 heteroatoms. The Balaban J connectivity index is 0.868. The molecule has 0 aliphatic carbocycles. The standard InChI is InChI=1S/C36H28N8O6S2/c45-43(46)29-11-7-27(8-12-29)33-23-51-35(39-33)41-37-21-25-3-15-31(16-4-25)49-19-1-2-20-50-32-17-5-26(6-18-32)22-38-42-36-40-34(24-52-36)28-9-13-30(14-10-28)44(47)48/h1-18,21-24H,19-20H2,(H,39,41)(H,40,42)/b2-1+,37-21+,38-22+. The Morgan fingerprint density at radius 2 is 0.981 bits per heavy atom. The van der Waals surface area contributed by atoms with Gasteiger partial charge in [-0.15, -0.1) is 22.7 Å². The molecule has 2 N–H and O–H groups in total. The lowest BCUT2D eigenvalue weighted by Crippen LogP contribution is -1.97. The molecule has 0 radical (unpaired) electrons. The van der Waals surface area contributed by atoms with Gasteiger partial charge in [-0.25, -0.2) is 9.97 Å². The van der Waals surface area contributed by atoms with Crippen molar-refractivity contribution in [1.82, 2.24) is 9.97 Å². The number of thiazole rings is 2. The third kappa shape index (κ3) is 9.90. The molecular weight excluding hydrogens is 705 g/mol. The summed E-state index contributed by atoms with van der Waals surface area (Å²) >= 11 is 2.77. The Morgan fingerprint density at radius 1 is 0.596 bits per heavy atom. The van der Waals surface area contributed by atoms with Gasteiger partial charge in [0.25, 0.3) is 11.4 Å². The van der Waals surface area contributed by atoms with Crippen LogP contribution in [-0.2, 0) is 0 Å². The number of non-ortho nitro benzene ring substituents is 2. The monoisotopic (exact) mass is 732 g/mol. The molecule has 0 aliphatic heterocycles. The second-order valence-corrected chi connectivity index (χ2v) is 12.4. The molecule has 260 valence electrons. The molecule has 52 heavy (non-hydrogen) atoms. The number of ether oxygens (including phenoxy) is 2. The molecule has 0 saturated heterocycles. The lowest BCUT2D eigenvalue weighted by Gasteiger charge is -2.04. The predicted molar refractivity (Wildman–Crippen MR) is 204 cm³/mol. The minimum Gasteiger partial charge on any atom is -0.490 e. The van der Waals surface area contributed by atoms with E-state index in [2.05, 4.69) is 31.0 Å². The third-order valence-electron chi connectivity index (χ3n) is 7.12. The Kier molecular flexibility index (Phi) is 11.6. The first-order valence-electron chi connectivity index (χ1n) is 15.5. The van der Waals surface area contributed by atoms with E-state index < -0.39 is 9.85 Å². The van der Waals surface area contributed by atoms with Crippen molar-refractivity contribution in [1.29, 1.82) is 0 Å². The summed E-state index contributed by atoms with van der Waals surface area (Å²) in [4.78, 5) is 29.8. The van der Waals surface area contributed by atoms with Crippen molar-refractivity contribution < 1.29 is 19.3 Å². The number of nitro groups is 2. The van der Waals surface area contributed by atoms with E-state index in [9.17, 15) is 20.2 Å². The molecule has 0 atom stereocenters. The second kappa shape index (κ2) is 17.2. The van der Waals surface area contributed by atoms with Gasteiger partial charge in [0.1, 0.15) is 24.7 Å². The van der Waals surface area contributed by atoms with Gasteiger partial charge in [-0.3, -0.25) is 31.1 Å². The normalized spacial score (nSPS) is 11.3. The molecule has 6 rings (SSSR count). The van der Waals surface area contributed by atoms with Crippen molar-refractivity contribution in [3.05, 3.63) is 151 Å². The first-order valence-corrected chi connectivity index (χ1v) is 17.3. The van der Waals surface area contributed by atoms with Gasteiger partial charge in [-0.05, 0) is 96.1 Å². The highest BCUT2D eigenvalue weighted by molar-refractivity contribution is 7.14. The van der Waals surface area contributed by atoms with E-state index in [4.69, 9.17) is 9.47 Å². The van der Waals surface area contributed by atoms with Crippen LogP contribution >= 0.6 is 22.7 Å². The van der Waals surface area contributed by atoms with Gasteiger partial charge >= 0.3 is 0 Å². The second-order valence-electron chi connectivity index (χ2n) is 10.7. The van der Waals surface area contributed by atoms with Gasteiger partial charge in [0, 0.05) is 46.2 Å². The van der Waals surface area contributed by atoms with Crippen molar-refractivity contribution >= 4 is 56.7 Å². The molecule has 0 fully saturated rings. The fourth-order valence-electron chi connectivity index (χ4n) is 4.47. The number of hydrogen-bond acceptors (Lipinski definition) is 14. The largest absolute Gasteiger partial charge is 0.490 e. The molecule has 0 amide bonds.